The minimum absolute atomic E-state index is 0.0846. The molecule has 120 valence electrons. The van der Waals surface area contributed by atoms with Crippen LogP contribution in [0.1, 0.15) is 5.01 Å². The highest BCUT2D eigenvalue weighted by atomic mass is 32.1. The fourth-order valence-electron chi connectivity index (χ4n) is 1.94. The van der Waals surface area contributed by atoms with Gasteiger partial charge in [0.05, 0.1) is 0 Å². The number of rotatable bonds is 2. The molecule has 0 saturated carbocycles. The second-order valence-corrected chi connectivity index (χ2v) is 5.74. The number of amides is 1. The van der Waals surface area contributed by atoms with Crippen LogP contribution in [-0.4, -0.2) is 26.7 Å². The topological polar surface area (TPSA) is 59.3 Å². The second-order valence-electron chi connectivity index (χ2n) is 4.58. The van der Waals surface area contributed by atoms with Crippen molar-refractivity contribution in [1.82, 2.24) is 14.6 Å². The molecule has 3 rings (SSSR count). The van der Waals surface area contributed by atoms with Crippen LogP contribution in [0.5, 0.6) is 0 Å². The average Bonchev–Trinajstić information content (AvgIpc) is 2.96. The van der Waals surface area contributed by atoms with E-state index in [1.165, 1.54) is 12.1 Å². The van der Waals surface area contributed by atoms with Crippen LogP contribution >= 0.6 is 11.3 Å². The van der Waals surface area contributed by atoms with Gasteiger partial charge in [-0.05, 0) is 31.2 Å². The molecule has 5 nitrogen and oxygen atoms in total. The molecule has 0 spiro atoms. The number of hydrogen-bond donors (Lipinski definition) is 1. The first-order chi connectivity index (χ1) is 10.8. The van der Waals surface area contributed by atoms with Gasteiger partial charge in [0.25, 0.3) is 0 Å². The summed E-state index contributed by atoms with van der Waals surface area (Å²) in [6.07, 6.45) is -5.05. The number of anilines is 1. The average molecular weight is 344 g/mol. The van der Waals surface area contributed by atoms with Crippen LogP contribution in [0.25, 0.3) is 16.2 Å². The molecular formula is C13H8F4N4OS. The molecule has 0 atom stereocenters. The van der Waals surface area contributed by atoms with E-state index < -0.39 is 17.9 Å². The van der Waals surface area contributed by atoms with Crippen molar-refractivity contribution in [1.29, 1.82) is 0 Å². The van der Waals surface area contributed by atoms with Crippen LogP contribution < -0.4 is 5.32 Å². The summed E-state index contributed by atoms with van der Waals surface area (Å²) >= 11 is 1.15. The van der Waals surface area contributed by atoms with E-state index in [9.17, 15) is 22.4 Å². The van der Waals surface area contributed by atoms with E-state index in [2.05, 4.69) is 10.1 Å². The zero-order valence-corrected chi connectivity index (χ0v) is 12.3. The van der Waals surface area contributed by atoms with Crippen molar-refractivity contribution in [3.8, 4) is 11.3 Å². The Morgan fingerprint density at radius 2 is 1.91 bits per heavy atom. The summed E-state index contributed by atoms with van der Waals surface area (Å²) in [7, 11) is 0. The van der Waals surface area contributed by atoms with Crippen LogP contribution in [0.4, 0.5) is 23.4 Å². The number of halogens is 4. The molecule has 2 aromatic heterocycles. The maximum absolute atomic E-state index is 13.0. The van der Waals surface area contributed by atoms with Crippen LogP contribution in [0.2, 0.25) is 0 Å². The summed E-state index contributed by atoms with van der Waals surface area (Å²) in [4.78, 5) is 15.8. The number of nitrogens with zero attached hydrogens (tertiary/aromatic N) is 3. The monoisotopic (exact) mass is 344 g/mol. The Hall–Kier alpha value is -2.49. The number of alkyl halides is 3. The van der Waals surface area contributed by atoms with Gasteiger partial charge in [0.2, 0.25) is 4.96 Å². The van der Waals surface area contributed by atoms with E-state index >= 15 is 0 Å². The third kappa shape index (κ3) is 2.89. The zero-order chi connectivity index (χ0) is 16.8. The van der Waals surface area contributed by atoms with Gasteiger partial charge in [0.1, 0.15) is 16.5 Å². The number of aryl methyl sites for hydroxylation is 1. The Labute approximate surface area is 130 Å². The third-order valence-electron chi connectivity index (χ3n) is 2.91. The number of imidazole rings is 1. The molecule has 0 aliphatic rings. The summed E-state index contributed by atoms with van der Waals surface area (Å²) in [6, 6.07) is 5.02. The first kappa shape index (κ1) is 15.4. The maximum Gasteiger partial charge on any atom is 0.471 e. The lowest BCUT2D eigenvalue weighted by Gasteiger charge is -2.08. The lowest BCUT2D eigenvalue weighted by molar-refractivity contribution is -0.167. The van der Waals surface area contributed by atoms with E-state index in [1.807, 2.05) is 0 Å². The summed E-state index contributed by atoms with van der Waals surface area (Å²) in [6.45, 7) is 1.66. The Bertz CT molecular complexity index is 882. The molecule has 1 aromatic carbocycles. The number of fused-ring (bicyclic) bond motifs is 1. The summed E-state index contributed by atoms with van der Waals surface area (Å²) in [5.41, 5.74) is 0.445. The normalized spacial score (nSPS) is 11.9. The van der Waals surface area contributed by atoms with E-state index in [4.69, 9.17) is 0 Å². The Morgan fingerprint density at radius 3 is 2.52 bits per heavy atom. The van der Waals surface area contributed by atoms with E-state index in [0.717, 1.165) is 28.0 Å². The highest BCUT2D eigenvalue weighted by Gasteiger charge is 2.40. The molecule has 3 aromatic rings. The van der Waals surface area contributed by atoms with Crippen molar-refractivity contribution in [2.24, 2.45) is 0 Å². The minimum atomic E-state index is -5.05. The molecule has 1 N–H and O–H groups in total. The molecule has 0 fully saturated rings. The summed E-state index contributed by atoms with van der Waals surface area (Å²) in [5, 5.41) is 6.39. The van der Waals surface area contributed by atoms with Crippen molar-refractivity contribution in [3.05, 3.63) is 35.1 Å². The van der Waals surface area contributed by atoms with E-state index in [-0.39, 0.29) is 11.5 Å². The van der Waals surface area contributed by atoms with Gasteiger partial charge in [-0.25, -0.2) is 9.37 Å². The van der Waals surface area contributed by atoms with Crippen molar-refractivity contribution in [3.63, 3.8) is 0 Å². The van der Waals surface area contributed by atoms with Gasteiger partial charge in [0, 0.05) is 5.56 Å². The smallest absolute Gasteiger partial charge is 0.301 e. The largest absolute Gasteiger partial charge is 0.471 e. The fourth-order valence-corrected chi connectivity index (χ4v) is 2.69. The molecule has 0 aliphatic heterocycles. The van der Waals surface area contributed by atoms with Crippen LogP contribution in [0, 0.1) is 12.7 Å². The molecule has 10 heteroatoms. The van der Waals surface area contributed by atoms with Crippen LogP contribution in [0.3, 0.4) is 0 Å². The number of nitrogens with one attached hydrogen (secondary N) is 1. The Morgan fingerprint density at radius 1 is 1.26 bits per heavy atom. The first-order valence-corrected chi connectivity index (χ1v) is 7.07. The molecule has 0 radical (unpaired) electrons. The van der Waals surface area contributed by atoms with Gasteiger partial charge in [-0.3, -0.25) is 4.79 Å². The van der Waals surface area contributed by atoms with Crippen molar-refractivity contribution >= 4 is 28.0 Å². The summed E-state index contributed by atoms with van der Waals surface area (Å²) in [5.74, 6) is -2.84. The lowest BCUT2D eigenvalue weighted by atomic mass is 10.1. The van der Waals surface area contributed by atoms with Crippen molar-refractivity contribution in [2.75, 3.05) is 5.32 Å². The Balaban J connectivity index is 2.14. The van der Waals surface area contributed by atoms with Crippen molar-refractivity contribution < 1.29 is 22.4 Å². The molecule has 23 heavy (non-hydrogen) atoms. The molecule has 0 saturated heterocycles. The highest BCUT2D eigenvalue weighted by Crippen LogP contribution is 2.32. The maximum atomic E-state index is 13.0. The third-order valence-corrected chi connectivity index (χ3v) is 3.74. The van der Waals surface area contributed by atoms with Gasteiger partial charge in [-0.15, -0.1) is 0 Å². The van der Waals surface area contributed by atoms with Gasteiger partial charge in [-0.1, -0.05) is 11.3 Å². The predicted octanol–water partition coefficient (Wildman–Crippen LogP) is 3.41. The van der Waals surface area contributed by atoms with E-state index in [0.29, 0.717) is 15.5 Å². The van der Waals surface area contributed by atoms with Crippen LogP contribution in [0.15, 0.2) is 24.3 Å². The number of carbonyl (C=O) groups excluding carboxylic acids is 1. The molecule has 0 bridgehead atoms. The minimum Gasteiger partial charge on any atom is -0.301 e. The lowest BCUT2D eigenvalue weighted by Crippen LogP contribution is -2.30. The SMILES string of the molecule is Cc1nn2c(NC(=O)C(F)(F)F)c(-c3ccc(F)cc3)nc2s1. The molecule has 0 unspecified atom stereocenters. The first-order valence-electron chi connectivity index (χ1n) is 6.26. The number of carbonyl (C=O) groups is 1. The van der Waals surface area contributed by atoms with Gasteiger partial charge in [-0.2, -0.15) is 22.8 Å². The second kappa shape index (κ2) is 5.30. The zero-order valence-electron chi connectivity index (χ0n) is 11.5. The molecule has 0 aliphatic carbocycles. The summed E-state index contributed by atoms with van der Waals surface area (Å²) < 4.78 is 51.7. The number of aromatic nitrogens is 3. The molecule has 1 amide bonds. The quantitative estimate of drug-likeness (QED) is 0.725. The van der Waals surface area contributed by atoms with Crippen molar-refractivity contribution in [2.45, 2.75) is 13.1 Å². The van der Waals surface area contributed by atoms with E-state index in [1.54, 1.807) is 12.2 Å². The predicted molar refractivity (Wildman–Crippen MR) is 75.7 cm³/mol. The Kier molecular flexibility index (Phi) is 3.55. The van der Waals surface area contributed by atoms with Gasteiger partial charge >= 0.3 is 12.1 Å². The highest BCUT2D eigenvalue weighted by molar-refractivity contribution is 7.16. The molecular weight excluding hydrogens is 336 g/mol. The number of benzene rings is 1. The van der Waals surface area contributed by atoms with Crippen LogP contribution in [-0.2, 0) is 4.79 Å². The fraction of sp³-hybridized carbons (Fsp3) is 0.154. The standard InChI is InChI=1S/C13H8F4N4OS/c1-6-20-21-10(19-11(22)13(15,16)17)9(18-12(21)23-6)7-2-4-8(14)5-3-7/h2-5H,1H3,(H,19,22). The van der Waals surface area contributed by atoms with Gasteiger partial charge < -0.3 is 5.32 Å². The molecule has 2 heterocycles. The number of hydrogen-bond acceptors (Lipinski definition) is 4. The van der Waals surface area contributed by atoms with Gasteiger partial charge in [0.15, 0.2) is 5.82 Å².